The smallest absolute Gasteiger partial charge is 0.267 e. The van der Waals surface area contributed by atoms with Gasteiger partial charge in [-0.15, -0.1) is 0 Å². The van der Waals surface area contributed by atoms with Gasteiger partial charge in [-0.3, -0.25) is 10.2 Å². The maximum atomic E-state index is 11.8. The molecule has 0 atom stereocenters. The number of carbonyl (C=O) groups is 1. The quantitative estimate of drug-likeness (QED) is 0.389. The van der Waals surface area contributed by atoms with Crippen molar-refractivity contribution in [3.63, 3.8) is 0 Å². The van der Waals surface area contributed by atoms with E-state index in [1.807, 2.05) is 48.0 Å². The number of anilines is 2. The fourth-order valence-corrected chi connectivity index (χ4v) is 2.25. The van der Waals surface area contributed by atoms with Gasteiger partial charge in [-0.05, 0) is 24.3 Å². The summed E-state index contributed by atoms with van der Waals surface area (Å²) in [5.41, 5.74) is 5.17. The van der Waals surface area contributed by atoms with E-state index in [-0.39, 0.29) is 5.91 Å². The van der Waals surface area contributed by atoms with Crippen LogP contribution in [0.1, 0.15) is 10.4 Å². The molecule has 0 fully saturated rings. The Morgan fingerprint density at radius 2 is 1.86 bits per heavy atom. The number of para-hydroxylation sites is 3. The second-order valence-electron chi connectivity index (χ2n) is 4.63. The molecule has 3 rings (SSSR count). The van der Waals surface area contributed by atoms with Crippen LogP contribution in [0.4, 0.5) is 11.6 Å². The van der Waals surface area contributed by atoms with Crippen LogP contribution in [0.25, 0.3) is 11.0 Å². The second-order valence-corrected chi connectivity index (χ2v) is 4.63. The fraction of sp³-hybridized carbons (Fsp3) is 0.0667. The average Bonchev–Trinajstić information content (AvgIpc) is 2.84. The lowest BCUT2D eigenvalue weighted by Gasteiger charge is -2.10. The first-order valence-corrected chi connectivity index (χ1v) is 6.49. The molecular weight excluding hydrogens is 266 g/mol. The van der Waals surface area contributed by atoms with Crippen LogP contribution in [0.15, 0.2) is 48.5 Å². The van der Waals surface area contributed by atoms with Crippen molar-refractivity contribution in [2.45, 2.75) is 0 Å². The molecule has 0 aliphatic heterocycles. The van der Waals surface area contributed by atoms with E-state index in [1.54, 1.807) is 12.1 Å². The number of imidazole rings is 1. The summed E-state index contributed by atoms with van der Waals surface area (Å²) in [6.07, 6.45) is 0. The van der Waals surface area contributed by atoms with Gasteiger partial charge in [0.05, 0.1) is 22.3 Å². The number of nitrogens with two attached hydrogens (primary N) is 1. The Balaban J connectivity index is 2.03. The normalized spacial score (nSPS) is 10.6. The molecule has 0 bridgehead atoms. The van der Waals surface area contributed by atoms with Gasteiger partial charge >= 0.3 is 0 Å². The lowest BCUT2D eigenvalue weighted by Crippen LogP contribution is -2.30. The van der Waals surface area contributed by atoms with Crippen LogP contribution in [0.3, 0.4) is 0 Å². The van der Waals surface area contributed by atoms with E-state index in [1.165, 1.54) is 0 Å². The third-order valence-electron chi connectivity index (χ3n) is 3.34. The number of aromatic nitrogens is 2. The van der Waals surface area contributed by atoms with E-state index in [0.29, 0.717) is 17.2 Å². The van der Waals surface area contributed by atoms with Gasteiger partial charge in [-0.25, -0.2) is 10.8 Å². The molecule has 0 saturated heterocycles. The van der Waals surface area contributed by atoms with Gasteiger partial charge in [0.25, 0.3) is 5.91 Å². The number of nitrogens with zero attached hydrogens (tertiary/aromatic N) is 2. The predicted octanol–water partition coefficient (Wildman–Crippen LogP) is 1.92. The molecule has 3 aromatic rings. The molecule has 21 heavy (non-hydrogen) atoms. The van der Waals surface area contributed by atoms with Crippen LogP contribution in [-0.2, 0) is 7.05 Å². The Bertz CT molecular complexity index is 809. The number of fused-ring (bicyclic) bond motifs is 1. The van der Waals surface area contributed by atoms with E-state index >= 15 is 0 Å². The van der Waals surface area contributed by atoms with Crippen LogP contribution in [0, 0.1) is 0 Å². The average molecular weight is 281 g/mol. The molecule has 2 aromatic carbocycles. The van der Waals surface area contributed by atoms with Crippen LogP contribution >= 0.6 is 0 Å². The predicted molar refractivity (Wildman–Crippen MR) is 82.1 cm³/mol. The molecule has 0 aliphatic carbocycles. The van der Waals surface area contributed by atoms with Gasteiger partial charge in [0, 0.05) is 7.05 Å². The van der Waals surface area contributed by atoms with Crippen molar-refractivity contribution in [3.05, 3.63) is 54.1 Å². The van der Waals surface area contributed by atoms with Gasteiger partial charge in [-0.2, -0.15) is 0 Å². The van der Waals surface area contributed by atoms with Crippen molar-refractivity contribution in [2.24, 2.45) is 12.9 Å². The summed E-state index contributed by atoms with van der Waals surface area (Å²) in [4.78, 5) is 16.3. The maximum absolute atomic E-state index is 11.8. The van der Waals surface area contributed by atoms with Gasteiger partial charge in [0.15, 0.2) is 0 Å². The zero-order valence-corrected chi connectivity index (χ0v) is 11.5. The highest BCUT2D eigenvalue weighted by atomic mass is 16.2. The third kappa shape index (κ3) is 2.32. The minimum absolute atomic E-state index is 0.350. The Morgan fingerprint density at radius 1 is 1.14 bits per heavy atom. The molecule has 0 saturated carbocycles. The highest BCUT2D eigenvalue weighted by Gasteiger charge is 2.12. The highest BCUT2D eigenvalue weighted by molar-refractivity contribution is 5.99. The van der Waals surface area contributed by atoms with Crippen molar-refractivity contribution in [2.75, 3.05) is 5.32 Å². The van der Waals surface area contributed by atoms with Crippen LogP contribution in [0.2, 0.25) is 0 Å². The van der Waals surface area contributed by atoms with Crippen molar-refractivity contribution >= 4 is 28.6 Å². The number of hydrazine groups is 1. The number of nitrogen functional groups attached to an aromatic ring is 1. The lowest BCUT2D eigenvalue weighted by atomic mass is 10.1. The molecule has 0 aliphatic rings. The topological polar surface area (TPSA) is 85.0 Å². The number of carbonyl (C=O) groups excluding carboxylic acids is 1. The zero-order chi connectivity index (χ0) is 14.8. The van der Waals surface area contributed by atoms with Crippen molar-refractivity contribution in [1.82, 2.24) is 15.0 Å². The number of nitrogens with one attached hydrogen (secondary N) is 2. The molecule has 1 aromatic heterocycles. The number of benzene rings is 2. The molecule has 0 unspecified atom stereocenters. The second kappa shape index (κ2) is 5.26. The van der Waals surface area contributed by atoms with E-state index < -0.39 is 0 Å². The molecule has 6 heteroatoms. The maximum Gasteiger partial charge on any atom is 0.267 e. The standard InChI is InChI=1S/C15H15N5O/c1-20-13-9-5-4-8-12(13)18-15(20)17-11-7-3-2-6-10(11)14(21)19-16/h2-9H,16H2,1H3,(H,17,18)(H,19,21). The number of hydrogen-bond donors (Lipinski definition) is 3. The Morgan fingerprint density at radius 3 is 2.62 bits per heavy atom. The number of rotatable bonds is 3. The van der Waals surface area contributed by atoms with Crippen LogP contribution < -0.4 is 16.6 Å². The van der Waals surface area contributed by atoms with E-state index in [9.17, 15) is 4.79 Å². The number of aryl methyl sites for hydroxylation is 1. The molecule has 1 heterocycles. The summed E-state index contributed by atoms with van der Waals surface area (Å²) in [6.45, 7) is 0. The summed E-state index contributed by atoms with van der Waals surface area (Å²) in [7, 11) is 1.92. The van der Waals surface area contributed by atoms with Crippen molar-refractivity contribution in [1.29, 1.82) is 0 Å². The first kappa shape index (κ1) is 13.1. The summed E-state index contributed by atoms with van der Waals surface area (Å²) >= 11 is 0. The van der Waals surface area contributed by atoms with Crippen molar-refractivity contribution < 1.29 is 4.79 Å². The van der Waals surface area contributed by atoms with Crippen LogP contribution in [0.5, 0.6) is 0 Å². The molecule has 4 N–H and O–H groups in total. The summed E-state index contributed by atoms with van der Waals surface area (Å²) in [5.74, 6) is 5.52. The third-order valence-corrected chi connectivity index (χ3v) is 3.34. The largest absolute Gasteiger partial charge is 0.325 e. The van der Waals surface area contributed by atoms with Gasteiger partial charge in [0.2, 0.25) is 5.95 Å². The monoisotopic (exact) mass is 281 g/mol. The summed E-state index contributed by atoms with van der Waals surface area (Å²) < 4.78 is 1.94. The van der Waals surface area contributed by atoms with E-state index in [0.717, 1.165) is 11.0 Å². The molecule has 106 valence electrons. The minimum atomic E-state index is -0.350. The van der Waals surface area contributed by atoms with Gasteiger partial charge in [-0.1, -0.05) is 24.3 Å². The SMILES string of the molecule is Cn1c(Nc2ccccc2C(=O)NN)nc2ccccc21. The lowest BCUT2D eigenvalue weighted by molar-refractivity contribution is 0.0954. The van der Waals surface area contributed by atoms with Gasteiger partial charge in [0.1, 0.15) is 0 Å². The molecule has 1 amide bonds. The molecule has 0 spiro atoms. The molecule has 6 nitrogen and oxygen atoms in total. The minimum Gasteiger partial charge on any atom is -0.325 e. The number of hydrogen-bond acceptors (Lipinski definition) is 4. The zero-order valence-electron chi connectivity index (χ0n) is 11.5. The highest BCUT2D eigenvalue weighted by Crippen LogP contribution is 2.23. The first-order valence-electron chi connectivity index (χ1n) is 6.49. The fourth-order valence-electron chi connectivity index (χ4n) is 2.25. The Labute approximate surface area is 121 Å². The summed E-state index contributed by atoms with van der Waals surface area (Å²) in [5, 5.41) is 3.18. The number of amides is 1. The molecular formula is C15H15N5O. The first-order chi connectivity index (χ1) is 10.2. The molecule has 0 radical (unpaired) electrons. The van der Waals surface area contributed by atoms with Crippen LogP contribution in [-0.4, -0.2) is 15.5 Å². The van der Waals surface area contributed by atoms with Gasteiger partial charge < -0.3 is 9.88 Å². The van der Waals surface area contributed by atoms with E-state index in [4.69, 9.17) is 5.84 Å². The van der Waals surface area contributed by atoms with Crippen molar-refractivity contribution in [3.8, 4) is 0 Å². The summed E-state index contributed by atoms with van der Waals surface area (Å²) in [6, 6.07) is 15.0. The Kier molecular flexibility index (Phi) is 3.29. The Hall–Kier alpha value is -2.86. The van der Waals surface area contributed by atoms with E-state index in [2.05, 4.69) is 15.7 Å².